The first kappa shape index (κ1) is 28.3. The lowest BCUT2D eigenvalue weighted by Crippen LogP contribution is -2.30. The summed E-state index contributed by atoms with van der Waals surface area (Å²) >= 11 is 0. The molecule has 5 aromatic rings. The molecule has 0 aliphatic carbocycles. The molecule has 8 nitrogen and oxygen atoms in total. The Morgan fingerprint density at radius 2 is 1.22 bits per heavy atom. The smallest absolute Gasteiger partial charge is 0.148 e. The highest BCUT2D eigenvalue weighted by molar-refractivity contribution is 5.78. The lowest BCUT2D eigenvalue weighted by atomic mass is 10.0. The first-order valence-electron chi connectivity index (χ1n) is 17.5. The summed E-state index contributed by atoms with van der Waals surface area (Å²) < 4.78 is 16.0. The van der Waals surface area contributed by atoms with Crippen LogP contribution in [0.15, 0.2) is 54.6 Å². The fourth-order valence-electron chi connectivity index (χ4n) is 8.55. The SMILES string of the molecule is Fc1cc(N2[C@@H](c3ccc4nc([C@@H]5CCCN5)[nH]c4c3)CC[C@@H]2c2ccc3nc([C@@H]4CCCN4)[nH]c3c2)ccc1N1CCCCC1. The maximum Gasteiger partial charge on any atom is 0.148 e. The van der Waals surface area contributed by atoms with Gasteiger partial charge >= 0.3 is 0 Å². The zero-order chi connectivity index (χ0) is 30.6. The number of imidazole rings is 2. The van der Waals surface area contributed by atoms with Gasteiger partial charge in [0.2, 0.25) is 0 Å². The normalized spacial score (nSPS) is 25.4. The number of nitrogens with one attached hydrogen (secondary N) is 4. The number of aromatic amines is 2. The second kappa shape index (κ2) is 11.7. The van der Waals surface area contributed by atoms with E-state index in [4.69, 9.17) is 9.97 Å². The molecule has 9 heteroatoms. The number of nitrogens with zero attached hydrogens (tertiary/aromatic N) is 4. The molecule has 9 rings (SSSR count). The van der Waals surface area contributed by atoms with E-state index in [2.05, 4.69) is 72.9 Å². The molecule has 4 fully saturated rings. The molecular formula is C37H43FN8. The summed E-state index contributed by atoms with van der Waals surface area (Å²) in [6, 6.07) is 20.1. The van der Waals surface area contributed by atoms with Gasteiger partial charge in [0.05, 0.1) is 51.9 Å². The average molecular weight is 619 g/mol. The van der Waals surface area contributed by atoms with E-state index >= 15 is 4.39 Å². The summed E-state index contributed by atoms with van der Waals surface area (Å²) in [5.74, 6) is 1.93. The number of rotatable bonds is 6. The van der Waals surface area contributed by atoms with E-state index in [0.29, 0.717) is 12.1 Å². The van der Waals surface area contributed by atoms with Gasteiger partial charge in [-0.3, -0.25) is 0 Å². The van der Waals surface area contributed by atoms with Gasteiger partial charge in [0.25, 0.3) is 0 Å². The third-order valence-electron chi connectivity index (χ3n) is 10.9. The van der Waals surface area contributed by atoms with E-state index in [1.807, 2.05) is 6.07 Å². The third kappa shape index (κ3) is 5.04. The summed E-state index contributed by atoms with van der Waals surface area (Å²) in [6.45, 7) is 3.94. The number of halogens is 1. The Hall–Kier alpha value is -3.95. The predicted molar refractivity (Wildman–Crippen MR) is 182 cm³/mol. The van der Waals surface area contributed by atoms with Crippen LogP contribution in [0.5, 0.6) is 0 Å². The summed E-state index contributed by atoms with van der Waals surface area (Å²) in [7, 11) is 0. The molecule has 4 aliphatic heterocycles. The maximum atomic E-state index is 16.0. The van der Waals surface area contributed by atoms with Crippen LogP contribution in [0, 0.1) is 5.82 Å². The second-order valence-corrected chi connectivity index (χ2v) is 13.8. The molecule has 2 aromatic heterocycles. The third-order valence-corrected chi connectivity index (χ3v) is 10.9. The Morgan fingerprint density at radius 3 is 1.74 bits per heavy atom. The molecule has 0 saturated carbocycles. The molecule has 3 aromatic carbocycles. The Labute approximate surface area is 269 Å². The van der Waals surface area contributed by atoms with Gasteiger partial charge in [-0.05, 0) is 124 Å². The van der Waals surface area contributed by atoms with Crippen LogP contribution in [-0.4, -0.2) is 46.1 Å². The van der Waals surface area contributed by atoms with Crippen LogP contribution in [0.1, 0.15) is 105 Å². The molecular weight excluding hydrogens is 575 g/mol. The second-order valence-electron chi connectivity index (χ2n) is 13.8. The van der Waals surface area contributed by atoms with Gasteiger partial charge in [-0.25, -0.2) is 14.4 Å². The molecule has 6 heterocycles. The zero-order valence-corrected chi connectivity index (χ0v) is 26.4. The number of benzene rings is 3. The van der Waals surface area contributed by atoms with Crippen LogP contribution >= 0.6 is 0 Å². The minimum Gasteiger partial charge on any atom is -0.369 e. The number of hydrogen-bond acceptors (Lipinski definition) is 6. The molecule has 4 N–H and O–H groups in total. The van der Waals surface area contributed by atoms with Crippen molar-refractivity contribution < 1.29 is 4.39 Å². The molecule has 0 bridgehead atoms. The average Bonchev–Trinajstić information content (AvgIpc) is 3.93. The van der Waals surface area contributed by atoms with E-state index in [-0.39, 0.29) is 17.9 Å². The molecule has 238 valence electrons. The molecule has 4 aliphatic rings. The van der Waals surface area contributed by atoms with Crippen molar-refractivity contribution in [3.63, 3.8) is 0 Å². The summed E-state index contributed by atoms with van der Waals surface area (Å²) in [6.07, 6.45) is 10.0. The van der Waals surface area contributed by atoms with Crippen LogP contribution in [0.25, 0.3) is 22.1 Å². The van der Waals surface area contributed by atoms with Gasteiger partial charge in [0.15, 0.2) is 0 Å². The summed E-state index contributed by atoms with van der Waals surface area (Å²) in [4.78, 5) is 21.8. The monoisotopic (exact) mass is 618 g/mol. The van der Waals surface area contributed by atoms with Gasteiger partial charge in [0.1, 0.15) is 17.5 Å². The topological polar surface area (TPSA) is 87.9 Å². The number of hydrogen-bond donors (Lipinski definition) is 4. The molecule has 4 saturated heterocycles. The highest BCUT2D eigenvalue weighted by atomic mass is 19.1. The largest absolute Gasteiger partial charge is 0.369 e. The fraction of sp³-hybridized carbons (Fsp3) is 0.459. The minimum atomic E-state index is -0.126. The van der Waals surface area contributed by atoms with Crippen molar-refractivity contribution in [3.8, 4) is 0 Å². The lowest BCUT2D eigenvalue weighted by molar-refractivity contribution is 0.556. The van der Waals surface area contributed by atoms with Crippen LogP contribution in [0.3, 0.4) is 0 Å². The number of piperidine rings is 1. The highest BCUT2D eigenvalue weighted by Crippen LogP contribution is 2.48. The van der Waals surface area contributed by atoms with Crippen LogP contribution in [0.2, 0.25) is 0 Å². The molecule has 0 radical (unpaired) electrons. The zero-order valence-electron chi connectivity index (χ0n) is 26.4. The fourth-order valence-corrected chi connectivity index (χ4v) is 8.55. The van der Waals surface area contributed by atoms with Crippen LogP contribution in [0.4, 0.5) is 15.8 Å². The van der Waals surface area contributed by atoms with Gasteiger partial charge in [0, 0.05) is 18.8 Å². The quantitative estimate of drug-likeness (QED) is 0.158. The Balaban J connectivity index is 1.09. The Bertz CT molecular complexity index is 1760. The van der Waals surface area contributed by atoms with Crippen molar-refractivity contribution in [3.05, 3.63) is 83.2 Å². The number of fused-ring (bicyclic) bond motifs is 2. The summed E-state index contributed by atoms with van der Waals surface area (Å²) in [5, 5.41) is 7.14. The number of anilines is 2. The van der Waals surface area contributed by atoms with Gasteiger partial charge < -0.3 is 30.4 Å². The van der Waals surface area contributed by atoms with E-state index in [1.165, 1.54) is 30.4 Å². The van der Waals surface area contributed by atoms with Crippen molar-refractivity contribution in [2.24, 2.45) is 0 Å². The van der Waals surface area contributed by atoms with Crippen molar-refractivity contribution in [2.75, 3.05) is 36.0 Å². The van der Waals surface area contributed by atoms with Gasteiger partial charge in [-0.2, -0.15) is 0 Å². The predicted octanol–water partition coefficient (Wildman–Crippen LogP) is 7.50. The van der Waals surface area contributed by atoms with Crippen molar-refractivity contribution >= 4 is 33.4 Å². The maximum absolute atomic E-state index is 16.0. The molecule has 0 amide bonds. The highest BCUT2D eigenvalue weighted by Gasteiger charge is 2.37. The van der Waals surface area contributed by atoms with E-state index in [0.717, 1.165) is 110 Å². The van der Waals surface area contributed by atoms with Crippen LogP contribution in [-0.2, 0) is 0 Å². The van der Waals surface area contributed by atoms with E-state index < -0.39 is 0 Å². The van der Waals surface area contributed by atoms with Crippen molar-refractivity contribution in [1.29, 1.82) is 0 Å². The molecule has 4 atom stereocenters. The standard InChI is InChI=1S/C37H43FN8/c38-26-22-25(10-13-35(26)45-18-2-1-3-19-45)46-33(23-8-11-27-31(20-23)43-36(41-27)29-6-4-16-39-29)14-15-34(46)24-9-12-28-32(21-24)44-37(42-28)30-7-5-17-40-30/h8-13,20-22,29-30,33-34,39-40H,1-7,14-19H2,(H,41,43)(H,42,44)/t29-,30-,33+,34+/m0/s1. The molecule has 46 heavy (non-hydrogen) atoms. The lowest BCUT2D eigenvalue weighted by Gasteiger charge is -2.34. The Kier molecular flexibility index (Phi) is 7.19. The molecule has 0 spiro atoms. The van der Waals surface area contributed by atoms with Crippen molar-refractivity contribution in [2.45, 2.75) is 82.0 Å². The molecule has 0 unspecified atom stereocenters. The van der Waals surface area contributed by atoms with Crippen molar-refractivity contribution in [1.82, 2.24) is 30.6 Å². The van der Waals surface area contributed by atoms with E-state index in [9.17, 15) is 0 Å². The van der Waals surface area contributed by atoms with Gasteiger partial charge in [-0.15, -0.1) is 0 Å². The first-order valence-corrected chi connectivity index (χ1v) is 17.5. The summed E-state index contributed by atoms with van der Waals surface area (Å²) in [5.41, 5.74) is 8.29. The number of H-pyrrole nitrogens is 2. The van der Waals surface area contributed by atoms with Crippen LogP contribution < -0.4 is 20.4 Å². The minimum absolute atomic E-state index is 0.113. The van der Waals surface area contributed by atoms with Gasteiger partial charge in [-0.1, -0.05) is 12.1 Å². The number of aromatic nitrogens is 4. The van der Waals surface area contributed by atoms with E-state index in [1.54, 1.807) is 6.07 Å². The Morgan fingerprint density at radius 1 is 0.630 bits per heavy atom. The first-order chi connectivity index (χ1) is 22.7.